The summed E-state index contributed by atoms with van der Waals surface area (Å²) in [5.74, 6) is 0.122. The Hall–Kier alpha value is -1.10. The third-order valence-corrected chi connectivity index (χ3v) is 3.54. The van der Waals surface area contributed by atoms with Crippen LogP contribution in [0.4, 0.5) is 5.69 Å². The molecule has 0 spiro atoms. The van der Waals surface area contributed by atoms with E-state index in [1.54, 1.807) is 18.3 Å². The monoisotopic (exact) mass is 214 g/mol. The van der Waals surface area contributed by atoms with Crippen molar-refractivity contribution in [1.29, 1.82) is 0 Å². The lowest BCUT2D eigenvalue weighted by atomic mass is 10.3. The first-order chi connectivity index (χ1) is 6.55. The molecule has 0 saturated heterocycles. The van der Waals surface area contributed by atoms with E-state index >= 15 is 0 Å². The Morgan fingerprint density at radius 2 is 2.21 bits per heavy atom. The van der Waals surface area contributed by atoms with E-state index < -0.39 is 9.84 Å². The molecule has 1 heterocycles. The largest absolute Gasteiger partial charge is 0.397 e. The van der Waals surface area contributed by atoms with Gasteiger partial charge >= 0.3 is 0 Å². The first-order valence-corrected chi connectivity index (χ1v) is 6.27. The Morgan fingerprint density at radius 3 is 2.79 bits per heavy atom. The van der Waals surface area contributed by atoms with Gasteiger partial charge in [0.15, 0.2) is 9.84 Å². The molecule has 1 rings (SSSR count). The van der Waals surface area contributed by atoms with E-state index in [2.05, 4.69) is 4.98 Å². The minimum atomic E-state index is -3.05. The van der Waals surface area contributed by atoms with Gasteiger partial charge in [-0.25, -0.2) is 8.42 Å². The van der Waals surface area contributed by atoms with Crippen LogP contribution in [-0.4, -0.2) is 19.2 Å². The van der Waals surface area contributed by atoms with Crippen LogP contribution in [0.2, 0.25) is 0 Å². The number of rotatable bonds is 4. The average molecular weight is 214 g/mol. The predicted molar refractivity (Wildman–Crippen MR) is 56.4 cm³/mol. The minimum Gasteiger partial charge on any atom is -0.397 e. The van der Waals surface area contributed by atoms with Gasteiger partial charge in [-0.3, -0.25) is 4.98 Å². The fourth-order valence-electron chi connectivity index (χ4n) is 1.16. The van der Waals surface area contributed by atoms with Crippen molar-refractivity contribution in [3.63, 3.8) is 0 Å². The van der Waals surface area contributed by atoms with Gasteiger partial charge in [0.1, 0.15) is 0 Å². The van der Waals surface area contributed by atoms with E-state index in [0.29, 0.717) is 17.8 Å². The molecule has 0 atom stereocenters. The molecular formula is C9H14N2O2S. The van der Waals surface area contributed by atoms with Crippen molar-refractivity contribution in [3.8, 4) is 0 Å². The van der Waals surface area contributed by atoms with Crippen molar-refractivity contribution in [1.82, 2.24) is 4.98 Å². The molecule has 78 valence electrons. The van der Waals surface area contributed by atoms with Crippen LogP contribution < -0.4 is 5.73 Å². The molecule has 0 aliphatic rings. The minimum absolute atomic E-state index is 0.0620. The number of nitrogens with two attached hydrogens (primary N) is 1. The van der Waals surface area contributed by atoms with Crippen LogP contribution in [0.5, 0.6) is 0 Å². The molecule has 0 aliphatic carbocycles. The molecule has 0 bridgehead atoms. The van der Waals surface area contributed by atoms with Gasteiger partial charge in [0.05, 0.1) is 22.9 Å². The topological polar surface area (TPSA) is 73.0 Å². The summed E-state index contributed by atoms with van der Waals surface area (Å²) in [5.41, 5.74) is 6.48. The molecule has 0 amide bonds. The summed E-state index contributed by atoms with van der Waals surface area (Å²) < 4.78 is 22.9. The molecule has 0 unspecified atom stereocenters. The smallest absolute Gasteiger partial charge is 0.156 e. The molecule has 5 heteroatoms. The number of nitrogen functional groups attached to an aromatic ring is 1. The Labute approximate surface area is 84.1 Å². The molecule has 2 N–H and O–H groups in total. The Balaban J connectivity index is 2.84. The molecule has 0 fully saturated rings. The van der Waals surface area contributed by atoms with Gasteiger partial charge in [0.2, 0.25) is 0 Å². The normalized spacial score (nSPS) is 11.5. The van der Waals surface area contributed by atoms with Gasteiger partial charge in [0.25, 0.3) is 0 Å². The number of nitrogens with zero attached hydrogens (tertiary/aromatic N) is 1. The van der Waals surface area contributed by atoms with E-state index in [0.717, 1.165) is 0 Å². The number of sulfone groups is 1. The third kappa shape index (κ3) is 2.99. The van der Waals surface area contributed by atoms with Crippen molar-refractivity contribution < 1.29 is 8.42 Å². The quantitative estimate of drug-likeness (QED) is 0.811. The summed E-state index contributed by atoms with van der Waals surface area (Å²) in [7, 11) is -3.05. The number of hydrogen-bond donors (Lipinski definition) is 1. The van der Waals surface area contributed by atoms with E-state index in [1.165, 1.54) is 0 Å². The molecule has 1 aromatic rings. The highest BCUT2D eigenvalue weighted by molar-refractivity contribution is 7.90. The zero-order valence-corrected chi connectivity index (χ0v) is 8.92. The number of anilines is 1. The maximum atomic E-state index is 11.5. The lowest BCUT2D eigenvalue weighted by Gasteiger charge is -2.04. The van der Waals surface area contributed by atoms with Crippen molar-refractivity contribution in [2.24, 2.45) is 0 Å². The molecule has 0 aliphatic heterocycles. The molecule has 4 nitrogen and oxygen atoms in total. The second-order valence-electron chi connectivity index (χ2n) is 3.13. The van der Waals surface area contributed by atoms with Gasteiger partial charge in [-0.2, -0.15) is 0 Å². The Morgan fingerprint density at radius 1 is 1.50 bits per heavy atom. The Kier molecular flexibility index (Phi) is 3.46. The van der Waals surface area contributed by atoms with Crippen LogP contribution in [-0.2, 0) is 15.6 Å². The van der Waals surface area contributed by atoms with Crippen molar-refractivity contribution >= 4 is 15.5 Å². The second kappa shape index (κ2) is 4.41. The Bertz CT molecular complexity index is 401. The van der Waals surface area contributed by atoms with E-state index in [9.17, 15) is 8.42 Å². The summed E-state index contributed by atoms with van der Waals surface area (Å²) in [4.78, 5) is 3.94. The van der Waals surface area contributed by atoms with Crippen LogP contribution in [0.1, 0.15) is 19.0 Å². The van der Waals surface area contributed by atoms with Crippen LogP contribution in [0.15, 0.2) is 18.3 Å². The van der Waals surface area contributed by atoms with Gasteiger partial charge in [-0.05, 0) is 18.6 Å². The molecule has 0 aromatic carbocycles. The SMILES string of the molecule is CCCS(=O)(=O)Cc1ncccc1N. The van der Waals surface area contributed by atoms with Crippen molar-refractivity contribution in [2.45, 2.75) is 19.1 Å². The summed E-state index contributed by atoms with van der Waals surface area (Å²) in [5, 5.41) is 0. The van der Waals surface area contributed by atoms with E-state index in [1.807, 2.05) is 6.92 Å². The lowest BCUT2D eigenvalue weighted by Crippen LogP contribution is -2.11. The lowest BCUT2D eigenvalue weighted by molar-refractivity contribution is 0.593. The highest BCUT2D eigenvalue weighted by Gasteiger charge is 2.13. The maximum absolute atomic E-state index is 11.5. The van der Waals surface area contributed by atoms with Crippen molar-refractivity contribution in [3.05, 3.63) is 24.0 Å². The summed E-state index contributed by atoms with van der Waals surface area (Å²) >= 11 is 0. The fourth-order valence-corrected chi connectivity index (χ4v) is 2.59. The van der Waals surface area contributed by atoms with E-state index in [4.69, 9.17) is 5.73 Å². The molecular weight excluding hydrogens is 200 g/mol. The first-order valence-electron chi connectivity index (χ1n) is 4.45. The highest BCUT2D eigenvalue weighted by atomic mass is 32.2. The summed E-state index contributed by atoms with van der Waals surface area (Å²) in [6.45, 7) is 1.83. The molecule has 14 heavy (non-hydrogen) atoms. The number of pyridine rings is 1. The first kappa shape index (κ1) is 11.0. The van der Waals surface area contributed by atoms with Gasteiger partial charge < -0.3 is 5.73 Å². The highest BCUT2D eigenvalue weighted by Crippen LogP contribution is 2.11. The van der Waals surface area contributed by atoms with E-state index in [-0.39, 0.29) is 11.5 Å². The molecule has 0 saturated carbocycles. The van der Waals surface area contributed by atoms with Gasteiger partial charge in [-0.1, -0.05) is 6.92 Å². The van der Waals surface area contributed by atoms with Crippen LogP contribution >= 0.6 is 0 Å². The zero-order valence-electron chi connectivity index (χ0n) is 8.10. The van der Waals surface area contributed by atoms with Gasteiger partial charge in [0, 0.05) is 6.20 Å². The van der Waals surface area contributed by atoms with Crippen LogP contribution in [0.3, 0.4) is 0 Å². The number of hydrogen-bond acceptors (Lipinski definition) is 4. The zero-order chi connectivity index (χ0) is 10.6. The second-order valence-corrected chi connectivity index (χ2v) is 5.32. The third-order valence-electron chi connectivity index (χ3n) is 1.80. The predicted octanol–water partition coefficient (Wildman–Crippen LogP) is 0.989. The molecule has 1 aromatic heterocycles. The summed E-state index contributed by atoms with van der Waals surface area (Å²) in [6.07, 6.45) is 2.17. The molecule has 0 radical (unpaired) electrons. The van der Waals surface area contributed by atoms with Crippen LogP contribution in [0.25, 0.3) is 0 Å². The van der Waals surface area contributed by atoms with Gasteiger partial charge in [-0.15, -0.1) is 0 Å². The average Bonchev–Trinajstić information content (AvgIpc) is 2.08. The van der Waals surface area contributed by atoms with Crippen molar-refractivity contribution in [2.75, 3.05) is 11.5 Å². The fraction of sp³-hybridized carbons (Fsp3) is 0.444. The standard InChI is InChI=1S/C9H14N2O2S/c1-2-6-14(12,13)7-9-8(10)4-3-5-11-9/h3-5H,2,6-7,10H2,1H3. The summed E-state index contributed by atoms with van der Waals surface area (Å²) in [6, 6.07) is 3.34. The maximum Gasteiger partial charge on any atom is 0.156 e. The van der Waals surface area contributed by atoms with Crippen LogP contribution in [0, 0.1) is 0 Å². The number of aromatic nitrogens is 1.